The average molecular weight is 211 g/mol. The zero-order chi connectivity index (χ0) is 10.7. The lowest BCUT2D eigenvalue weighted by atomic mass is 10.0. The summed E-state index contributed by atoms with van der Waals surface area (Å²) in [6, 6.07) is 5.95. The van der Waals surface area contributed by atoms with Gasteiger partial charge in [0.15, 0.2) is 0 Å². The van der Waals surface area contributed by atoms with Crippen LogP contribution in [0.3, 0.4) is 0 Å². The lowest BCUT2D eigenvalue weighted by Gasteiger charge is -2.14. The molecule has 0 saturated carbocycles. The highest BCUT2D eigenvalue weighted by Crippen LogP contribution is 2.25. The number of halogens is 2. The largest absolute Gasteiger partial charge is 0.314 e. The van der Waals surface area contributed by atoms with Crippen LogP contribution in [-0.4, -0.2) is 12.6 Å². The monoisotopic (exact) mass is 211 g/mol. The second-order valence-corrected chi connectivity index (χ2v) is 4.05. The minimum Gasteiger partial charge on any atom is -0.314 e. The van der Waals surface area contributed by atoms with Gasteiger partial charge in [-0.1, -0.05) is 12.1 Å². The third kappa shape index (κ3) is 2.75. The summed E-state index contributed by atoms with van der Waals surface area (Å²) < 4.78 is 26.4. The Balaban J connectivity index is 1.94. The van der Waals surface area contributed by atoms with Gasteiger partial charge in [-0.2, -0.15) is 0 Å². The molecule has 1 aliphatic heterocycles. The number of nitrogens with one attached hydrogen (secondary N) is 1. The molecule has 1 heterocycles. The van der Waals surface area contributed by atoms with Crippen molar-refractivity contribution in [3.8, 4) is 0 Å². The zero-order valence-electron chi connectivity index (χ0n) is 8.55. The van der Waals surface area contributed by atoms with E-state index in [-0.39, 0.29) is 11.9 Å². The Bertz CT molecular complexity index is 304. The fourth-order valence-electron chi connectivity index (χ4n) is 2.02. The Morgan fingerprint density at radius 3 is 2.67 bits per heavy atom. The predicted molar refractivity (Wildman–Crippen MR) is 55.9 cm³/mol. The van der Waals surface area contributed by atoms with Crippen molar-refractivity contribution in [2.45, 2.75) is 31.5 Å². The molecule has 0 radical (unpaired) electrons. The van der Waals surface area contributed by atoms with Gasteiger partial charge in [-0.25, -0.2) is 8.78 Å². The van der Waals surface area contributed by atoms with Gasteiger partial charge in [-0.05, 0) is 43.5 Å². The summed E-state index contributed by atoms with van der Waals surface area (Å²) in [4.78, 5) is 0. The normalized spacial score (nSPS) is 22.9. The first-order chi connectivity index (χ1) is 7.25. The molecule has 1 aliphatic rings. The molecule has 82 valence electrons. The molecule has 1 aromatic rings. The van der Waals surface area contributed by atoms with Crippen LogP contribution in [0.4, 0.5) is 8.78 Å². The number of benzene rings is 1. The Kier molecular flexibility index (Phi) is 3.31. The molecule has 0 spiro atoms. The molecule has 0 aliphatic carbocycles. The van der Waals surface area contributed by atoms with Crippen LogP contribution < -0.4 is 5.32 Å². The van der Waals surface area contributed by atoms with Gasteiger partial charge in [-0.3, -0.25) is 0 Å². The SMILES string of the molecule is Fc1ccc(C(F)CC2CCCN2)cc1. The van der Waals surface area contributed by atoms with Crippen molar-refractivity contribution in [2.75, 3.05) is 6.54 Å². The summed E-state index contributed by atoms with van der Waals surface area (Å²) in [5.41, 5.74) is 0.574. The Hall–Kier alpha value is -0.960. The minimum absolute atomic E-state index is 0.282. The van der Waals surface area contributed by atoms with Crippen molar-refractivity contribution < 1.29 is 8.78 Å². The van der Waals surface area contributed by atoms with E-state index < -0.39 is 6.17 Å². The Morgan fingerprint density at radius 2 is 2.07 bits per heavy atom. The third-order valence-corrected chi connectivity index (χ3v) is 2.89. The van der Waals surface area contributed by atoms with Crippen LogP contribution in [-0.2, 0) is 0 Å². The summed E-state index contributed by atoms with van der Waals surface area (Å²) in [7, 11) is 0. The molecule has 1 saturated heterocycles. The molecule has 1 fully saturated rings. The van der Waals surface area contributed by atoms with Gasteiger partial charge >= 0.3 is 0 Å². The van der Waals surface area contributed by atoms with E-state index in [0.29, 0.717) is 12.0 Å². The van der Waals surface area contributed by atoms with Gasteiger partial charge in [0, 0.05) is 6.04 Å². The van der Waals surface area contributed by atoms with E-state index in [2.05, 4.69) is 5.32 Å². The van der Waals surface area contributed by atoms with Gasteiger partial charge in [0.2, 0.25) is 0 Å². The van der Waals surface area contributed by atoms with E-state index in [0.717, 1.165) is 19.4 Å². The molecular weight excluding hydrogens is 196 g/mol. The zero-order valence-corrected chi connectivity index (χ0v) is 8.55. The van der Waals surface area contributed by atoms with E-state index in [4.69, 9.17) is 0 Å². The maximum absolute atomic E-state index is 13.8. The highest BCUT2D eigenvalue weighted by Gasteiger charge is 2.20. The number of rotatable bonds is 3. The van der Waals surface area contributed by atoms with Crippen LogP contribution in [0.5, 0.6) is 0 Å². The van der Waals surface area contributed by atoms with Crippen LogP contribution in [0.15, 0.2) is 24.3 Å². The fraction of sp³-hybridized carbons (Fsp3) is 0.500. The number of hydrogen-bond donors (Lipinski definition) is 1. The summed E-state index contributed by atoms with van der Waals surface area (Å²) in [5.74, 6) is -0.315. The molecule has 1 nitrogen and oxygen atoms in total. The van der Waals surface area contributed by atoms with Crippen molar-refractivity contribution in [1.82, 2.24) is 5.32 Å². The Morgan fingerprint density at radius 1 is 1.33 bits per heavy atom. The van der Waals surface area contributed by atoms with Crippen molar-refractivity contribution in [1.29, 1.82) is 0 Å². The standard InChI is InChI=1S/C12H15F2N/c13-10-5-3-9(4-6-10)12(14)8-11-2-1-7-15-11/h3-6,11-12,15H,1-2,7-8H2. The van der Waals surface area contributed by atoms with Crippen molar-refractivity contribution in [3.63, 3.8) is 0 Å². The van der Waals surface area contributed by atoms with Crippen molar-refractivity contribution >= 4 is 0 Å². The first-order valence-electron chi connectivity index (χ1n) is 5.38. The highest BCUT2D eigenvalue weighted by atomic mass is 19.1. The van der Waals surface area contributed by atoms with Gasteiger partial charge in [-0.15, -0.1) is 0 Å². The van der Waals surface area contributed by atoms with Gasteiger partial charge < -0.3 is 5.32 Å². The fourth-order valence-corrected chi connectivity index (χ4v) is 2.02. The number of alkyl halides is 1. The molecule has 2 unspecified atom stereocenters. The van der Waals surface area contributed by atoms with Crippen molar-refractivity contribution in [3.05, 3.63) is 35.6 Å². The molecule has 2 atom stereocenters. The van der Waals surface area contributed by atoms with E-state index in [9.17, 15) is 8.78 Å². The van der Waals surface area contributed by atoms with Crippen LogP contribution >= 0.6 is 0 Å². The van der Waals surface area contributed by atoms with Crippen LogP contribution in [0.2, 0.25) is 0 Å². The van der Waals surface area contributed by atoms with E-state index in [1.54, 1.807) is 0 Å². The second-order valence-electron chi connectivity index (χ2n) is 4.05. The van der Waals surface area contributed by atoms with E-state index in [1.807, 2.05) is 0 Å². The second kappa shape index (κ2) is 4.71. The highest BCUT2D eigenvalue weighted by molar-refractivity contribution is 5.18. The molecule has 1 aromatic carbocycles. The third-order valence-electron chi connectivity index (χ3n) is 2.89. The lowest BCUT2D eigenvalue weighted by molar-refractivity contribution is 0.293. The molecule has 2 rings (SSSR count). The lowest BCUT2D eigenvalue weighted by Crippen LogP contribution is -2.22. The minimum atomic E-state index is -0.985. The summed E-state index contributed by atoms with van der Waals surface area (Å²) in [6.07, 6.45) is 1.68. The molecule has 0 bridgehead atoms. The molecule has 3 heteroatoms. The summed E-state index contributed by atoms with van der Waals surface area (Å²) in [5, 5.41) is 3.25. The first-order valence-corrected chi connectivity index (χ1v) is 5.38. The van der Waals surface area contributed by atoms with Crippen molar-refractivity contribution in [2.24, 2.45) is 0 Å². The van der Waals surface area contributed by atoms with Gasteiger partial charge in [0.25, 0.3) is 0 Å². The topological polar surface area (TPSA) is 12.0 Å². The van der Waals surface area contributed by atoms with E-state index in [1.165, 1.54) is 24.3 Å². The van der Waals surface area contributed by atoms with Gasteiger partial charge in [0.05, 0.1) is 0 Å². The van der Waals surface area contributed by atoms with Crippen LogP contribution in [0.1, 0.15) is 31.0 Å². The van der Waals surface area contributed by atoms with Crippen LogP contribution in [0.25, 0.3) is 0 Å². The molecule has 1 N–H and O–H groups in total. The quantitative estimate of drug-likeness (QED) is 0.810. The Labute approximate surface area is 88.5 Å². The molecular formula is C12H15F2N. The molecule has 0 amide bonds. The maximum atomic E-state index is 13.8. The van der Waals surface area contributed by atoms with Crippen LogP contribution in [0, 0.1) is 5.82 Å². The van der Waals surface area contributed by atoms with Gasteiger partial charge in [0.1, 0.15) is 12.0 Å². The summed E-state index contributed by atoms with van der Waals surface area (Å²) >= 11 is 0. The van der Waals surface area contributed by atoms with E-state index >= 15 is 0 Å². The smallest absolute Gasteiger partial charge is 0.127 e. The maximum Gasteiger partial charge on any atom is 0.127 e. The average Bonchev–Trinajstić information content (AvgIpc) is 2.71. The summed E-state index contributed by atoms with van der Waals surface area (Å²) in [6.45, 7) is 0.987. The first kappa shape index (κ1) is 10.6. The number of hydrogen-bond acceptors (Lipinski definition) is 1. The predicted octanol–water partition coefficient (Wildman–Crippen LogP) is 2.98. The molecule has 15 heavy (non-hydrogen) atoms. The molecule has 0 aromatic heterocycles.